The molecule has 1 heterocycles. The quantitative estimate of drug-likeness (QED) is 0.401. The van der Waals surface area contributed by atoms with E-state index in [4.69, 9.17) is 0 Å². The van der Waals surface area contributed by atoms with Crippen molar-refractivity contribution in [1.29, 1.82) is 0 Å². The number of nitrogens with zero attached hydrogens (tertiary/aromatic N) is 3. The van der Waals surface area contributed by atoms with Crippen LogP contribution < -0.4 is 4.90 Å². The minimum absolute atomic E-state index is 0.0216. The van der Waals surface area contributed by atoms with E-state index >= 15 is 0 Å². The van der Waals surface area contributed by atoms with Gasteiger partial charge < -0.3 is 4.90 Å². The molecule has 0 saturated heterocycles. The molecule has 0 fully saturated rings. The molecule has 0 bridgehead atoms. The maximum Gasteiger partial charge on any atom is 0.271 e. The van der Waals surface area contributed by atoms with Gasteiger partial charge in [0.15, 0.2) is 0 Å². The highest BCUT2D eigenvalue weighted by Gasteiger charge is 2.36. The van der Waals surface area contributed by atoms with E-state index < -0.39 is 4.92 Å². The van der Waals surface area contributed by atoms with Gasteiger partial charge in [-0.25, -0.2) is 4.39 Å². The van der Waals surface area contributed by atoms with Crippen LogP contribution in [0, 0.1) is 15.9 Å². The van der Waals surface area contributed by atoms with Crippen molar-refractivity contribution in [2.24, 2.45) is 4.99 Å². The van der Waals surface area contributed by atoms with E-state index in [-0.39, 0.29) is 17.0 Å². The number of halogens is 1. The summed E-state index contributed by atoms with van der Waals surface area (Å²) in [5, 5.41) is 10.9. The molecule has 0 aliphatic carbocycles. The largest absolute Gasteiger partial charge is 0.366 e. The molecular formula is C21H24FN3O2. The fraction of sp³-hybridized carbons (Fsp3) is 0.381. The zero-order valence-electron chi connectivity index (χ0n) is 16.1. The minimum atomic E-state index is -0.471. The van der Waals surface area contributed by atoms with E-state index in [2.05, 4.69) is 37.6 Å². The minimum Gasteiger partial charge on any atom is -0.366 e. The topological polar surface area (TPSA) is 58.7 Å². The average molecular weight is 369 g/mol. The average Bonchev–Trinajstić information content (AvgIpc) is 2.60. The SMILES string of the molecule is CCN1c2cc(F)c(C=Nc3cccc([N+](=O)[O-])c3)cc2C(C)CC1(C)C. The van der Waals surface area contributed by atoms with Crippen LogP contribution in [-0.2, 0) is 0 Å². The van der Waals surface area contributed by atoms with Crippen molar-refractivity contribution in [3.05, 3.63) is 63.5 Å². The zero-order valence-corrected chi connectivity index (χ0v) is 16.1. The Labute approximate surface area is 158 Å². The van der Waals surface area contributed by atoms with Crippen molar-refractivity contribution in [2.75, 3.05) is 11.4 Å². The molecule has 0 spiro atoms. The highest BCUT2D eigenvalue weighted by Crippen LogP contribution is 2.43. The number of non-ortho nitro benzene ring substituents is 1. The lowest BCUT2D eigenvalue weighted by atomic mass is 9.79. The smallest absolute Gasteiger partial charge is 0.271 e. The van der Waals surface area contributed by atoms with Gasteiger partial charge in [-0.1, -0.05) is 13.0 Å². The van der Waals surface area contributed by atoms with Gasteiger partial charge in [-0.2, -0.15) is 0 Å². The first-order chi connectivity index (χ1) is 12.7. The summed E-state index contributed by atoms with van der Waals surface area (Å²) >= 11 is 0. The number of nitro benzene ring substituents is 1. The molecule has 1 unspecified atom stereocenters. The van der Waals surface area contributed by atoms with Gasteiger partial charge in [0, 0.05) is 41.7 Å². The number of anilines is 1. The van der Waals surface area contributed by atoms with Crippen LogP contribution in [0.4, 0.5) is 21.5 Å². The monoisotopic (exact) mass is 369 g/mol. The predicted molar refractivity (Wildman–Crippen MR) is 107 cm³/mol. The molecule has 2 aromatic carbocycles. The Kier molecular flexibility index (Phi) is 5.00. The lowest BCUT2D eigenvalue weighted by Crippen LogP contribution is -2.48. The van der Waals surface area contributed by atoms with Gasteiger partial charge in [0.1, 0.15) is 5.82 Å². The van der Waals surface area contributed by atoms with Crippen LogP contribution in [0.2, 0.25) is 0 Å². The first-order valence-corrected chi connectivity index (χ1v) is 9.12. The van der Waals surface area contributed by atoms with E-state index in [1.165, 1.54) is 18.3 Å². The van der Waals surface area contributed by atoms with Gasteiger partial charge in [0.2, 0.25) is 0 Å². The van der Waals surface area contributed by atoms with Crippen molar-refractivity contribution in [1.82, 2.24) is 0 Å². The maximum absolute atomic E-state index is 14.8. The van der Waals surface area contributed by atoms with Crippen LogP contribution in [0.25, 0.3) is 0 Å². The highest BCUT2D eigenvalue weighted by molar-refractivity contribution is 5.84. The Morgan fingerprint density at radius 3 is 2.78 bits per heavy atom. The van der Waals surface area contributed by atoms with Crippen LogP contribution >= 0.6 is 0 Å². The summed E-state index contributed by atoms with van der Waals surface area (Å²) in [6.07, 6.45) is 2.43. The van der Waals surface area contributed by atoms with Gasteiger partial charge in [0.05, 0.1) is 10.6 Å². The molecule has 6 heteroatoms. The Bertz CT molecular complexity index is 908. The molecular weight excluding hydrogens is 345 g/mol. The molecule has 1 atom stereocenters. The van der Waals surface area contributed by atoms with E-state index in [0.29, 0.717) is 17.2 Å². The van der Waals surface area contributed by atoms with Crippen LogP contribution in [0.1, 0.15) is 51.2 Å². The number of hydrogen-bond acceptors (Lipinski definition) is 4. The van der Waals surface area contributed by atoms with Crippen LogP contribution in [0.15, 0.2) is 41.4 Å². The van der Waals surface area contributed by atoms with Gasteiger partial charge in [-0.15, -0.1) is 0 Å². The summed E-state index contributed by atoms with van der Waals surface area (Å²) in [6, 6.07) is 9.44. The summed E-state index contributed by atoms with van der Waals surface area (Å²) in [7, 11) is 0. The second-order valence-electron chi connectivity index (χ2n) is 7.63. The van der Waals surface area contributed by atoms with Crippen molar-refractivity contribution in [3.63, 3.8) is 0 Å². The number of aliphatic imine (C=N–C) groups is 1. The van der Waals surface area contributed by atoms with Crippen LogP contribution in [0.3, 0.4) is 0 Å². The number of nitro groups is 1. The normalized spacial score (nSPS) is 18.6. The predicted octanol–water partition coefficient (Wildman–Crippen LogP) is 5.60. The maximum atomic E-state index is 14.8. The van der Waals surface area contributed by atoms with Gasteiger partial charge >= 0.3 is 0 Å². The molecule has 3 rings (SSSR count). The Balaban J connectivity index is 1.98. The van der Waals surface area contributed by atoms with E-state index in [1.54, 1.807) is 18.2 Å². The first kappa shape index (κ1) is 19.0. The van der Waals surface area contributed by atoms with E-state index in [9.17, 15) is 14.5 Å². The van der Waals surface area contributed by atoms with Crippen molar-refractivity contribution < 1.29 is 9.31 Å². The van der Waals surface area contributed by atoms with Crippen LogP contribution in [-0.4, -0.2) is 23.2 Å². The molecule has 5 nitrogen and oxygen atoms in total. The number of rotatable bonds is 4. The summed E-state index contributed by atoms with van der Waals surface area (Å²) in [6.45, 7) is 9.42. The molecule has 1 aliphatic heterocycles. The first-order valence-electron chi connectivity index (χ1n) is 9.12. The van der Waals surface area contributed by atoms with Gasteiger partial charge in [-0.3, -0.25) is 15.1 Å². The lowest BCUT2D eigenvalue weighted by molar-refractivity contribution is -0.384. The lowest BCUT2D eigenvalue weighted by Gasteiger charge is -2.47. The second-order valence-corrected chi connectivity index (χ2v) is 7.63. The Morgan fingerprint density at radius 2 is 2.11 bits per heavy atom. The van der Waals surface area contributed by atoms with E-state index in [1.807, 2.05) is 6.07 Å². The molecule has 1 aliphatic rings. The number of hydrogen-bond donors (Lipinski definition) is 0. The molecule has 142 valence electrons. The standard InChI is InChI=1S/C21H24FN3O2/c1-5-24-20-11-19(22)15(9-18(20)14(2)12-21(24,3)4)13-23-16-7-6-8-17(10-16)25(26)27/h6-11,13-14H,5,12H2,1-4H3. The molecule has 27 heavy (non-hydrogen) atoms. The molecule has 0 N–H and O–H groups in total. The van der Waals surface area contributed by atoms with Crippen molar-refractivity contribution in [2.45, 2.75) is 45.6 Å². The summed E-state index contributed by atoms with van der Waals surface area (Å²) < 4.78 is 14.8. The van der Waals surface area contributed by atoms with Crippen molar-refractivity contribution in [3.8, 4) is 0 Å². The number of fused-ring (bicyclic) bond motifs is 1. The van der Waals surface area contributed by atoms with E-state index in [0.717, 1.165) is 24.2 Å². The Hall–Kier alpha value is -2.76. The second kappa shape index (κ2) is 7.10. The number of benzene rings is 2. The fourth-order valence-corrected chi connectivity index (χ4v) is 4.05. The molecule has 0 amide bonds. The summed E-state index contributed by atoms with van der Waals surface area (Å²) in [5.74, 6) is -0.0327. The third-order valence-corrected chi connectivity index (χ3v) is 5.21. The molecule has 0 aromatic heterocycles. The van der Waals surface area contributed by atoms with Gasteiger partial charge in [0.25, 0.3) is 5.69 Å². The van der Waals surface area contributed by atoms with Gasteiger partial charge in [-0.05, 0) is 56.9 Å². The molecule has 2 aromatic rings. The Morgan fingerprint density at radius 1 is 1.37 bits per heavy atom. The summed E-state index contributed by atoms with van der Waals surface area (Å²) in [5.41, 5.74) is 2.80. The van der Waals surface area contributed by atoms with Crippen LogP contribution in [0.5, 0.6) is 0 Å². The summed E-state index contributed by atoms with van der Waals surface area (Å²) in [4.78, 5) is 16.9. The zero-order chi connectivity index (χ0) is 19.8. The van der Waals surface area contributed by atoms with Crippen molar-refractivity contribution >= 4 is 23.3 Å². The fourth-order valence-electron chi connectivity index (χ4n) is 4.05. The highest BCUT2D eigenvalue weighted by atomic mass is 19.1. The third-order valence-electron chi connectivity index (χ3n) is 5.21. The molecule has 0 saturated carbocycles. The molecule has 0 radical (unpaired) electrons. The third kappa shape index (κ3) is 3.70.